The average Bonchev–Trinajstić information content (AvgIpc) is 2.41. The van der Waals surface area contributed by atoms with Gasteiger partial charge in [-0.25, -0.2) is 0 Å². The summed E-state index contributed by atoms with van der Waals surface area (Å²) in [6.45, 7) is 2.94. The molecule has 0 radical (unpaired) electrons. The van der Waals surface area contributed by atoms with Gasteiger partial charge < -0.3 is 4.74 Å². The van der Waals surface area contributed by atoms with Gasteiger partial charge in [0.1, 0.15) is 0 Å². The first-order chi connectivity index (χ1) is 8.40. The van der Waals surface area contributed by atoms with Crippen molar-refractivity contribution >= 4 is 0 Å². The van der Waals surface area contributed by atoms with Crippen molar-refractivity contribution in [1.29, 1.82) is 0 Å². The fraction of sp³-hybridized carbons (Fsp3) is 0.600. The predicted octanol–water partition coefficient (Wildman–Crippen LogP) is 3.64. The third kappa shape index (κ3) is 3.83. The summed E-state index contributed by atoms with van der Waals surface area (Å²) in [5.41, 5.74) is 1.31. The van der Waals surface area contributed by atoms with Crippen molar-refractivity contribution in [3.05, 3.63) is 35.9 Å². The Morgan fingerprint density at radius 2 is 2.06 bits per heavy atom. The van der Waals surface area contributed by atoms with Gasteiger partial charge in [-0.15, -0.1) is 0 Å². The van der Waals surface area contributed by atoms with Gasteiger partial charge in [0.15, 0.2) is 0 Å². The van der Waals surface area contributed by atoms with Crippen LogP contribution in [-0.4, -0.2) is 12.8 Å². The van der Waals surface area contributed by atoms with E-state index in [0.717, 1.165) is 6.42 Å². The van der Waals surface area contributed by atoms with Crippen LogP contribution in [0, 0.1) is 0 Å². The number of hydrogen-bond acceptors (Lipinski definition) is 2. The van der Waals surface area contributed by atoms with Gasteiger partial charge in [0.25, 0.3) is 0 Å². The lowest BCUT2D eigenvalue weighted by molar-refractivity contribution is -0.0151. The maximum Gasteiger partial charge on any atom is 0.0975 e. The second kappa shape index (κ2) is 6.77. The number of ether oxygens (including phenoxy) is 1. The van der Waals surface area contributed by atoms with Gasteiger partial charge in [-0.1, -0.05) is 56.5 Å². The quantitative estimate of drug-likeness (QED) is 0.784. The van der Waals surface area contributed by atoms with Crippen molar-refractivity contribution in [3.63, 3.8) is 0 Å². The van der Waals surface area contributed by atoms with Crippen LogP contribution in [0.4, 0.5) is 0 Å². The Hall–Kier alpha value is -0.860. The van der Waals surface area contributed by atoms with Crippen molar-refractivity contribution in [2.75, 3.05) is 6.73 Å². The van der Waals surface area contributed by atoms with Crippen molar-refractivity contribution in [1.82, 2.24) is 5.32 Å². The van der Waals surface area contributed by atoms with Crippen molar-refractivity contribution in [2.45, 2.75) is 51.2 Å². The highest BCUT2D eigenvalue weighted by Gasteiger charge is 2.22. The topological polar surface area (TPSA) is 21.3 Å². The zero-order chi connectivity index (χ0) is 11.9. The molecule has 0 unspecified atom stereocenters. The summed E-state index contributed by atoms with van der Waals surface area (Å²) in [7, 11) is 0. The minimum Gasteiger partial charge on any atom is -0.358 e. The number of nitrogens with one attached hydrogen (secondary N) is 1. The smallest absolute Gasteiger partial charge is 0.0975 e. The van der Waals surface area contributed by atoms with E-state index < -0.39 is 0 Å². The summed E-state index contributed by atoms with van der Waals surface area (Å²) in [6, 6.07) is 11.2. The summed E-state index contributed by atoms with van der Waals surface area (Å²) in [5, 5.41) is 3.46. The molecule has 1 N–H and O–H groups in total. The van der Waals surface area contributed by atoms with Gasteiger partial charge in [-0.3, -0.25) is 5.32 Å². The molecule has 2 rings (SSSR count). The molecule has 2 nitrogen and oxygen atoms in total. The second-order valence-electron chi connectivity index (χ2n) is 4.84. The third-order valence-electron chi connectivity index (χ3n) is 3.48. The Morgan fingerprint density at radius 1 is 1.24 bits per heavy atom. The van der Waals surface area contributed by atoms with Crippen molar-refractivity contribution in [3.8, 4) is 0 Å². The van der Waals surface area contributed by atoms with Crippen LogP contribution in [0.2, 0.25) is 0 Å². The molecule has 1 aromatic rings. The van der Waals surface area contributed by atoms with Gasteiger partial charge >= 0.3 is 0 Å². The lowest BCUT2D eigenvalue weighted by Crippen LogP contribution is -2.38. The van der Waals surface area contributed by atoms with Crippen molar-refractivity contribution < 1.29 is 4.74 Å². The Kier molecular flexibility index (Phi) is 5.02. The molecule has 1 heterocycles. The molecular weight excluding hydrogens is 210 g/mol. The molecule has 1 aliphatic rings. The van der Waals surface area contributed by atoms with Crippen LogP contribution >= 0.6 is 0 Å². The molecule has 1 saturated heterocycles. The molecule has 17 heavy (non-hydrogen) atoms. The lowest BCUT2D eigenvalue weighted by Gasteiger charge is -2.31. The molecule has 0 saturated carbocycles. The van der Waals surface area contributed by atoms with E-state index in [1.165, 1.54) is 31.2 Å². The monoisotopic (exact) mass is 233 g/mol. The third-order valence-corrected chi connectivity index (χ3v) is 3.48. The molecule has 0 spiro atoms. The molecular formula is C15H23NO. The Bertz CT molecular complexity index is 312. The van der Waals surface area contributed by atoms with Crippen LogP contribution in [0.25, 0.3) is 0 Å². The highest BCUT2D eigenvalue weighted by atomic mass is 16.5. The van der Waals surface area contributed by atoms with E-state index in [1.807, 2.05) is 0 Å². The standard InChI is InChI=1S/C15H23NO/c1-2-3-5-10-14-11-15(17-12-16-14)13-8-6-4-7-9-13/h4,6-9,14-16H,2-3,5,10-12H2,1H3/t14-,15-/m0/s1. The summed E-state index contributed by atoms with van der Waals surface area (Å²) in [4.78, 5) is 0. The van der Waals surface area contributed by atoms with E-state index in [9.17, 15) is 0 Å². The van der Waals surface area contributed by atoms with Crippen LogP contribution in [0.1, 0.15) is 50.7 Å². The first kappa shape index (κ1) is 12.6. The molecule has 0 aliphatic carbocycles. The summed E-state index contributed by atoms with van der Waals surface area (Å²) in [6.07, 6.45) is 6.63. The molecule has 0 aromatic heterocycles. The minimum atomic E-state index is 0.282. The van der Waals surface area contributed by atoms with Gasteiger partial charge in [0.05, 0.1) is 12.8 Å². The lowest BCUT2D eigenvalue weighted by atomic mass is 9.97. The van der Waals surface area contributed by atoms with Gasteiger partial charge in [0.2, 0.25) is 0 Å². The molecule has 1 aromatic carbocycles. The molecule has 2 atom stereocenters. The van der Waals surface area contributed by atoms with Gasteiger partial charge in [-0.05, 0) is 18.4 Å². The largest absolute Gasteiger partial charge is 0.358 e. The first-order valence-electron chi connectivity index (χ1n) is 6.80. The normalized spacial score (nSPS) is 24.8. The van der Waals surface area contributed by atoms with E-state index >= 15 is 0 Å². The van der Waals surface area contributed by atoms with Crippen LogP contribution in [0.3, 0.4) is 0 Å². The van der Waals surface area contributed by atoms with E-state index in [0.29, 0.717) is 12.8 Å². The molecule has 1 aliphatic heterocycles. The zero-order valence-corrected chi connectivity index (χ0v) is 10.7. The number of unbranched alkanes of at least 4 members (excludes halogenated alkanes) is 2. The molecule has 2 heteroatoms. The van der Waals surface area contributed by atoms with E-state index in [1.54, 1.807) is 0 Å². The number of rotatable bonds is 5. The van der Waals surface area contributed by atoms with Gasteiger partial charge in [-0.2, -0.15) is 0 Å². The fourth-order valence-electron chi connectivity index (χ4n) is 2.44. The molecule has 0 amide bonds. The Balaban J connectivity index is 1.84. The fourth-order valence-corrected chi connectivity index (χ4v) is 2.44. The highest BCUT2D eigenvalue weighted by molar-refractivity contribution is 5.18. The molecule has 94 valence electrons. The van der Waals surface area contributed by atoms with E-state index in [-0.39, 0.29) is 6.10 Å². The average molecular weight is 233 g/mol. The van der Waals surface area contributed by atoms with E-state index in [2.05, 4.69) is 42.6 Å². The Morgan fingerprint density at radius 3 is 2.82 bits per heavy atom. The molecule has 1 fully saturated rings. The number of benzene rings is 1. The SMILES string of the molecule is CCCCC[C@H]1C[C@@H](c2ccccc2)OCN1. The second-order valence-corrected chi connectivity index (χ2v) is 4.84. The first-order valence-corrected chi connectivity index (χ1v) is 6.80. The maximum atomic E-state index is 5.79. The van der Waals surface area contributed by atoms with Crippen molar-refractivity contribution in [2.24, 2.45) is 0 Å². The van der Waals surface area contributed by atoms with Crippen LogP contribution < -0.4 is 5.32 Å². The van der Waals surface area contributed by atoms with Crippen LogP contribution in [-0.2, 0) is 4.74 Å². The minimum absolute atomic E-state index is 0.282. The predicted molar refractivity (Wildman–Crippen MR) is 70.8 cm³/mol. The van der Waals surface area contributed by atoms with Crippen LogP contribution in [0.15, 0.2) is 30.3 Å². The highest BCUT2D eigenvalue weighted by Crippen LogP contribution is 2.26. The zero-order valence-electron chi connectivity index (χ0n) is 10.7. The summed E-state index contributed by atoms with van der Waals surface area (Å²) in [5.74, 6) is 0. The number of hydrogen-bond donors (Lipinski definition) is 1. The molecule has 0 bridgehead atoms. The van der Waals surface area contributed by atoms with Crippen LogP contribution in [0.5, 0.6) is 0 Å². The summed E-state index contributed by atoms with van der Waals surface area (Å²) < 4.78 is 5.79. The van der Waals surface area contributed by atoms with E-state index in [4.69, 9.17) is 4.74 Å². The summed E-state index contributed by atoms with van der Waals surface area (Å²) >= 11 is 0. The van der Waals surface area contributed by atoms with Gasteiger partial charge in [0, 0.05) is 6.04 Å². The maximum absolute atomic E-state index is 5.79. The Labute approximate surface area is 104 Å².